The van der Waals surface area contributed by atoms with E-state index >= 15 is 0 Å². The lowest BCUT2D eigenvalue weighted by atomic mass is 10.1. The maximum Gasteiger partial charge on any atom is 0.270 e. The fourth-order valence-electron chi connectivity index (χ4n) is 3.65. The van der Waals surface area contributed by atoms with Crippen LogP contribution in [0.25, 0.3) is 11.8 Å². The first-order valence-electron chi connectivity index (χ1n) is 10.4. The summed E-state index contributed by atoms with van der Waals surface area (Å²) in [7, 11) is 1.61. The summed E-state index contributed by atoms with van der Waals surface area (Å²) < 4.78 is 12.7. The molecule has 1 saturated heterocycles. The van der Waals surface area contributed by atoms with Crippen LogP contribution in [0, 0.1) is 6.92 Å². The maximum atomic E-state index is 13.4. The van der Waals surface area contributed by atoms with Gasteiger partial charge in [0.05, 0.1) is 19.4 Å². The molecule has 1 aliphatic rings. The Labute approximate surface area is 197 Å². The Kier molecular flexibility index (Phi) is 6.28. The van der Waals surface area contributed by atoms with E-state index in [1.54, 1.807) is 37.5 Å². The zero-order valence-corrected chi connectivity index (χ0v) is 19.3. The molecule has 33 heavy (non-hydrogen) atoms. The molecular formula is C25H23N3O4S. The second-order valence-corrected chi connectivity index (χ2v) is 7.70. The van der Waals surface area contributed by atoms with Gasteiger partial charge in [0.15, 0.2) is 5.11 Å². The Morgan fingerprint density at radius 3 is 2.21 bits per heavy atom. The van der Waals surface area contributed by atoms with E-state index in [-0.39, 0.29) is 10.7 Å². The molecule has 168 valence electrons. The summed E-state index contributed by atoms with van der Waals surface area (Å²) in [5.74, 6) is 0.398. The Bertz CT molecular complexity index is 1240. The van der Waals surface area contributed by atoms with Crippen molar-refractivity contribution in [3.8, 4) is 17.2 Å². The third-order valence-corrected chi connectivity index (χ3v) is 5.52. The van der Waals surface area contributed by atoms with Crippen LogP contribution in [0.2, 0.25) is 0 Å². The Morgan fingerprint density at radius 2 is 1.58 bits per heavy atom. The third kappa shape index (κ3) is 4.38. The van der Waals surface area contributed by atoms with Crippen molar-refractivity contribution in [2.45, 2.75) is 13.8 Å². The molecule has 3 aromatic rings. The number of aryl methyl sites for hydroxylation is 1. The van der Waals surface area contributed by atoms with Crippen LogP contribution in [0.3, 0.4) is 0 Å². The van der Waals surface area contributed by atoms with Gasteiger partial charge in [0, 0.05) is 17.1 Å². The van der Waals surface area contributed by atoms with Crippen molar-refractivity contribution in [1.29, 1.82) is 0 Å². The molecular weight excluding hydrogens is 438 g/mol. The normalized spacial score (nSPS) is 15.1. The SMILES string of the molecule is CCOc1ccc(N2C(=O)/C(=C/c3ccc(C)n3-c3ccc(OC)cc3)C(=O)NC2=S)cc1. The molecule has 2 heterocycles. The fraction of sp³-hybridized carbons (Fsp3) is 0.160. The van der Waals surface area contributed by atoms with E-state index in [1.807, 2.05) is 54.8 Å². The van der Waals surface area contributed by atoms with Gasteiger partial charge in [-0.1, -0.05) is 0 Å². The molecule has 0 atom stereocenters. The van der Waals surface area contributed by atoms with Crippen LogP contribution >= 0.6 is 12.2 Å². The number of ether oxygens (including phenoxy) is 2. The summed E-state index contributed by atoms with van der Waals surface area (Å²) >= 11 is 5.29. The number of nitrogens with zero attached hydrogens (tertiary/aromatic N) is 2. The van der Waals surface area contributed by atoms with Crippen LogP contribution < -0.4 is 19.7 Å². The van der Waals surface area contributed by atoms with Crippen molar-refractivity contribution >= 4 is 40.9 Å². The predicted molar refractivity (Wildman–Crippen MR) is 131 cm³/mol. The van der Waals surface area contributed by atoms with E-state index in [4.69, 9.17) is 21.7 Å². The lowest BCUT2D eigenvalue weighted by Crippen LogP contribution is -2.54. The van der Waals surface area contributed by atoms with Crippen molar-refractivity contribution in [3.05, 3.63) is 77.6 Å². The highest BCUT2D eigenvalue weighted by molar-refractivity contribution is 7.80. The molecule has 0 unspecified atom stereocenters. The number of carbonyl (C=O) groups is 2. The highest BCUT2D eigenvalue weighted by Crippen LogP contribution is 2.26. The number of methoxy groups -OCH3 is 1. The number of amides is 2. The topological polar surface area (TPSA) is 72.8 Å². The number of carbonyl (C=O) groups excluding carboxylic acids is 2. The number of thiocarbonyl (C=S) groups is 1. The molecule has 2 amide bonds. The van der Waals surface area contributed by atoms with Crippen LogP contribution in [0.15, 0.2) is 66.2 Å². The second-order valence-electron chi connectivity index (χ2n) is 7.32. The molecule has 0 aliphatic carbocycles. The van der Waals surface area contributed by atoms with Gasteiger partial charge in [0.25, 0.3) is 11.8 Å². The van der Waals surface area contributed by atoms with Crippen molar-refractivity contribution in [3.63, 3.8) is 0 Å². The molecule has 7 nitrogen and oxygen atoms in total. The summed E-state index contributed by atoms with van der Waals surface area (Å²) in [6, 6.07) is 18.3. The minimum absolute atomic E-state index is 0.00894. The van der Waals surface area contributed by atoms with Crippen LogP contribution in [-0.4, -0.2) is 35.2 Å². The molecule has 1 aromatic heterocycles. The average molecular weight is 462 g/mol. The van der Waals surface area contributed by atoms with Crippen LogP contribution in [-0.2, 0) is 9.59 Å². The van der Waals surface area contributed by atoms with Gasteiger partial charge in [-0.05, 0) is 92.8 Å². The Balaban J connectivity index is 1.71. The maximum absolute atomic E-state index is 13.4. The van der Waals surface area contributed by atoms with Crippen molar-refractivity contribution in [2.24, 2.45) is 0 Å². The van der Waals surface area contributed by atoms with E-state index in [9.17, 15) is 9.59 Å². The molecule has 0 radical (unpaired) electrons. The Hall–Kier alpha value is -3.91. The van der Waals surface area contributed by atoms with E-state index in [0.29, 0.717) is 23.7 Å². The van der Waals surface area contributed by atoms with E-state index in [1.165, 1.54) is 4.90 Å². The van der Waals surface area contributed by atoms with Gasteiger partial charge in [-0.25, -0.2) is 0 Å². The van der Waals surface area contributed by atoms with Gasteiger partial charge in [-0.15, -0.1) is 0 Å². The van der Waals surface area contributed by atoms with E-state index in [2.05, 4.69) is 5.32 Å². The van der Waals surface area contributed by atoms with Gasteiger partial charge in [0.1, 0.15) is 17.1 Å². The Morgan fingerprint density at radius 1 is 0.939 bits per heavy atom. The summed E-state index contributed by atoms with van der Waals surface area (Å²) in [4.78, 5) is 27.4. The summed E-state index contributed by atoms with van der Waals surface area (Å²) in [6.07, 6.45) is 1.58. The first-order chi connectivity index (χ1) is 15.9. The number of rotatable bonds is 6. The molecule has 4 rings (SSSR count). The fourth-order valence-corrected chi connectivity index (χ4v) is 3.93. The number of aromatic nitrogens is 1. The predicted octanol–water partition coefficient (Wildman–Crippen LogP) is 4.02. The molecule has 0 bridgehead atoms. The summed E-state index contributed by atoms with van der Waals surface area (Å²) in [5, 5.41) is 2.66. The highest BCUT2D eigenvalue weighted by atomic mass is 32.1. The van der Waals surface area contributed by atoms with Crippen molar-refractivity contribution in [1.82, 2.24) is 9.88 Å². The van der Waals surface area contributed by atoms with Gasteiger partial charge in [0.2, 0.25) is 0 Å². The number of hydrogen-bond donors (Lipinski definition) is 1. The second kappa shape index (κ2) is 9.30. The number of nitrogens with one attached hydrogen (secondary N) is 1. The lowest BCUT2D eigenvalue weighted by molar-refractivity contribution is -0.122. The highest BCUT2D eigenvalue weighted by Gasteiger charge is 2.34. The lowest BCUT2D eigenvalue weighted by Gasteiger charge is -2.29. The van der Waals surface area contributed by atoms with Gasteiger partial charge >= 0.3 is 0 Å². The van der Waals surface area contributed by atoms with Crippen LogP contribution in [0.4, 0.5) is 5.69 Å². The first-order valence-corrected chi connectivity index (χ1v) is 10.8. The standard InChI is InChI=1S/C25H23N3O4S/c1-4-32-21-13-9-18(10-14-21)28-24(30)22(23(29)26-25(28)33)15-19-6-5-16(2)27(19)17-7-11-20(31-3)12-8-17/h5-15H,4H2,1-3H3,(H,26,29,33)/b22-15+. The van der Waals surface area contributed by atoms with E-state index in [0.717, 1.165) is 17.1 Å². The molecule has 1 aliphatic heterocycles. The van der Waals surface area contributed by atoms with Gasteiger partial charge in [-0.2, -0.15) is 0 Å². The monoisotopic (exact) mass is 461 g/mol. The third-order valence-electron chi connectivity index (χ3n) is 5.24. The summed E-state index contributed by atoms with van der Waals surface area (Å²) in [6.45, 7) is 4.39. The zero-order valence-electron chi connectivity index (χ0n) is 18.5. The molecule has 0 spiro atoms. The van der Waals surface area contributed by atoms with Crippen LogP contribution in [0.5, 0.6) is 11.5 Å². The number of benzene rings is 2. The molecule has 1 N–H and O–H groups in total. The molecule has 8 heteroatoms. The zero-order chi connectivity index (χ0) is 23.5. The minimum atomic E-state index is -0.535. The summed E-state index contributed by atoms with van der Waals surface area (Å²) in [5.41, 5.74) is 3.06. The van der Waals surface area contributed by atoms with Gasteiger partial charge < -0.3 is 14.0 Å². The molecule has 2 aromatic carbocycles. The average Bonchev–Trinajstić information content (AvgIpc) is 3.18. The number of anilines is 1. The van der Waals surface area contributed by atoms with Crippen molar-refractivity contribution < 1.29 is 19.1 Å². The first kappa shape index (κ1) is 22.3. The molecule has 1 fully saturated rings. The minimum Gasteiger partial charge on any atom is -0.497 e. The number of hydrogen-bond acceptors (Lipinski definition) is 5. The van der Waals surface area contributed by atoms with E-state index < -0.39 is 11.8 Å². The smallest absolute Gasteiger partial charge is 0.270 e. The van der Waals surface area contributed by atoms with Crippen LogP contribution in [0.1, 0.15) is 18.3 Å². The largest absolute Gasteiger partial charge is 0.497 e. The van der Waals surface area contributed by atoms with Gasteiger partial charge in [-0.3, -0.25) is 19.8 Å². The molecule has 0 saturated carbocycles. The van der Waals surface area contributed by atoms with Crippen molar-refractivity contribution in [2.75, 3.05) is 18.6 Å². The quantitative estimate of drug-likeness (QED) is 0.341.